The number of hydrogen-bond acceptors (Lipinski definition) is 7. The van der Waals surface area contributed by atoms with Crippen LogP contribution in [0.15, 0.2) is 12.7 Å². The molecule has 8 heteroatoms. The van der Waals surface area contributed by atoms with E-state index >= 15 is 0 Å². The number of anilines is 1. The van der Waals surface area contributed by atoms with Gasteiger partial charge in [0.25, 0.3) is 0 Å². The highest BCUT2D eigenvalue weighted by Crippen LogP contribution is 2.54. The second-order valence-electron chi connectivity index (χ2n) is 4.40. The van der Waals surface area contributed by atoms with Crippen LogP contribution in [-0.4, -0.2) is 48.7 Å². The molecule has 2 saturated heterocycles. The van der Waals surface area contributed by atoms with E-state index in [9.17, 15) is 5.11 Å². The Morgan fingerprint density at radius 1 is 1.39 bits per heavy atom. The summed E-state index contributed by atoms with van der Waals surface area (Å²) in [6, 6.07) is 0. The summed E-state index contributed by atoms with van der Waals surface area (Å²) in [5.74, 6) is 0.383. The number of imidazole rings is 1. The first-order chi connectivity index (χ1) is 8.79. The maximum atomic E-state index is 9.26. The van der Waals surface area contributed by atoms with Crippen molar-refractivity contribution < 1.29 is 9.84 Å². The van der Waals surface area contributed by atoms with Crippen molar-refractivity contribution in [3.8, 4) is 0 Å². The Balaban J connectivity index is 1.78. The Morgan fingerprint density at radius 3 is 3.06 bits per heavy atom. The van der Waals surface area contributed by atoms with Gasteiger partial charge in [0.2, 0.25) is 0 Å². The predicted octanol–water partition coefficient (Wildman–Crippen LogP) is -0.218. The molecule has 0 bridgehead atoms. The minimum Gasteiger partial charge on any atom is -0.395 e. The molecule has 2 aromatic heterocycles. The van der Waals surface area contributed by atoms with Gasteiger partial charge in [-0.2, -0.15) is 0 Å². The molecule has 2 aromatic rings. The zero-order valence-corrected chi connectivity index (χ0v) is 10.1. The Kier molecular flexibility index (Phi) is 2.08. The molecule has 4 rings (SSSR count). The average Bonchev–Trinajstić information content (AvgIpc) is 2.91. The van der Waals surface area contributed by atoms with Crippen LogP contribution in [0, 0.1) is 0 Å². The zero-order valence-electron chi connectivity index (χ0n) is 9.30. The standard InChI is InChI=1S/C10H11N5O2S/c11-8-5-9(13-2-12-8)15(3-14-5)10-7-6(17-7)4(1-16)18-10/h2-4,6-7,10,16H,1H2,(H2,11,12,13). The minimum absolute atomic E-state index is 0.103. The molecule has 0 radical (unpaired) electrons. The number of hydrogen-bond donors (Lipinski definition) is 2. The molecule has 0 saturated carbocycles. The van der Waals surface area contributed by atoms with Crippen molar-refractivity contribution in [2.75, 3.05) is 12.3 Å². The highest BCUT2D eigenvalue weighted by molar-refractivity contribution is 8.00. The maximum absolute atomic E-state index is 9.26. The predicted molar refractivity (Wildman–Crippen MR) is 65.9 cm³/mol. The molecule has 0 aromatic carbocycles. The number of ether oxygens (including phenoxy) is 1. The topological polar surface area (TPSA) is 102 Å². The molecule has 4 unspecified atom stereocenters. The summed E-state index contributed by atoms with van der Waals surface area (Å²) in [6.07, 6.45) is 3.44. The molecule has 2 aliphatic heterocycles. The largest absolute Gasteiger partial charge is 0.395 e. The van der Waals surface area contributed by atoms with E-state index < -0.39 is 0 Å². The van der Waals surface area contributed by atoms with E-state index in [1.807, 2.05) is 4.57 Å². The van der Waals surface area contributed by atoms with E-state index in [0.717, 1.165) is 0 Å². The van der Waals surface area contributed by atoms with Crippen LogP contribution >= 0.6 is 11.8 Å². The number of nitrogen functional groups attached to an aromatic ring is 1. The minimum atomic E-state index is 0.103. The maximum Gasteiger partial charge on any atom is 0.166 e. The van der Waals surface area contributed by atoms with Gasteiger partial charge in [0, 0.05) is 0 Å². The Labute approximate surface area is 106 Å². The molecule has 2 aliphatic rings. The number of aliphatic hydroxyl groups excluding tert-OH is 1. The van der Waals surface area contributed by atoms with Crippen molar-refractivity contribution in [2.45, 2.75) is 22.8 Å². The van der Waals surface area contributed by atoms with E-state index in [2.05, 4.69) is 15.0 Å². The third-order valence-corrected chi connectivity index (χ3v) is 4.91. The number of aromatic nitrogens is 4. The second-order valence-corrected chi connectivity index (χ2v) is 5.76. The normalized spacial score (nSPS) is 33.8. The molecular weight excluding hydrogens is 254 g/mol. The third kappa shape index (κ3) is 1.30. The fourth-order valence-corrected chi connectivity index (χ4v) is 3.90. The van der Waals surface area contributed by atoms with Crippen molar-refractivity contribution in [1.82, 2.24) is 19.5 Å². The SMILES string of the molecule is Nc1ncnc2c1ncn2C1SC(CO)C2OC21. The molecule has 94 valence electrons. The van der Waals surface area contributed by atoms with Gasteiger partial charge in [-0.3, -0.25) is 4.57 Å². The Morgan fingerprint density at radius 2 is 2.28 bits per heavy atom. The van der Waals surface area contributed by atoms with E-state index in [0.29, 0.717) is 17.0 Å². The number of nitrogens with zero attached hydrogens (tertiary/aromatic N) is 4. The lowest BCUT2D eigenvalue weighted by Crippen LogP contribution is -2.13. The van der Waals surface area contributed by atoms with Gasteiger partial charge in [-0.05, 0) is 0 Å². The summed E-state index contributed by atoms with van der Waals surface area (Å²) in [5, 5.41) is 9.50. The Hall–Kier alpha value is -1.38. The molecule has 7 nitrogen and oxygen atoms in total. The number of thioether (sulfide) groups is 1. The van der Waals surface area contributed by atoms with Gasteiger partial charge < -0.3 is 15.6 Å². The zero-order chi connectivity index (χ0) is 12.3. The van der Waals surface area contributed by atoms with E-state index in [1.165, 1.54) is 6.33 Å². The fourth-order valence-electron chi connectivity index (χ4n) is 2.43. The molecule has 18 heavy (non-hydrogen) atoms. The Bertz CT molecular complexity index is 617. The number of epoxide rings is 1. The van der Waals surface area contributed by atoms with Crippen LogP contribution in [0.2, 0.25) is 0 Å². The van der Waals surface area contributed by atoms with E-state index in [1.54, 1.807) is 18.1 Å². The number of nitrogens with two attached hydrogens (primary N) is 1. The van der Waals surface area contributed by atoms with Gasteiger partial charge in [0.15, 0.2) is 11.5 Å². The quantitative estimate of drug-likeness (QED) is 0.724. The van der Waals surface area contributed by atoms with Crippen LogP contribution in [0.25, 0.3) is 11.2 Å². The first-order valence-electron chi connectivity index (χ1n) is 5.64. The lowest BCUT2D eigenvalue weighted by molar-refractivity contribution is 0.262. The molecule has 3 N–H and O–H groups in total. The van der Waals surface area contributed by atoms with Crippen molar-refractivity contribution in [3.05, 3.63) is 12.7 Å². The van der Waals surface area contributed by atoms with Crippen LogP contribution in [0.5, 0.6) is 0 Å². The molecule has 2 fully saturated rings. The molecule has 0 amide bonds. The molecule has 4 atom stereocenters. The highest BCUT2D eigenvalue weighted by atomic mass is 32.2. The summed E-state index contributed by atoms with van der Waals surface area (Å²) in [6.45, 7) is 0.131. The van der Waals surface area contributed by atoms with Crippen molar-refractivity contribution in [2.24, 2.45) is 0 Å². The van der Waals surface area contributed by atoms with Gasteiger partial charge in [-0.15, -0.1) is 11.8 Å². The van der Waals surface area contributed by atoms with Crippen LogP contribution in [-0.2, 0) is 4.74 Å². The lowest BCUT2D eigenvalue weighted by Gasteiger charge is -2.15. The summed E-state index contributed by atoms with van der Waals surface area (Å²) in [4.78, 5) is 12.4. The van der Waals surface area contributed by atoms with Crippen LogP contribution in [0.3, 0.4) is 0 Å². The van der Waals surface area contributed by atoms with Gasteiger partial charge in [0.05, 0.1) is 18.2 Å². The first-order valence-corrected chi connectivity index (χ1v) is 6.58. The fraction of sp³-hybridized carbons (Fsp3) is 0.500. The molecular formula is C10H11N5O2S. The third-order valence-electron chi connectivity index (χ3n) is 3.36. The summed E-state index contributed by atoms with van der Waals surface area (Å²) in [7, 11) is 0. The molecule has 0 aliphatic carbocycles. The van der Waals surface area contributed by atoms with Gasteiger partial charge in [0.1, 0.15) is 29.4 Å². The van der Waals surface area contributed by atoms with Crippen LogP contribution in [0.4, 0.5) is 5.82 Å². The van der Waals surface area contributed by atoms with Crippen LogP contribution in [0.1, 0.15) is 5.37 Å². The van der Waals surface area contributed by atoms with E-state index in [-0.39, 0.29) is 29.4 Å². The van der Waals surface area contributed by atoms with E-state index in [4.69, 9.17) is 10.5 Å². The number of aliphatic hydroxyl groups is 1. The number of rotatable bonds is 2. The summed E-state index contributed by atoms with van der Waals surface area (Å²) >= 11 is 1.69. The van der Waals surface area contributed by atoms with Gasteiger partial charge in [-0.25, -0.2) is 15.0 Å². The smallest absolute Gasteiger partial charge is 0.166 e. The number of fused-ring (bicyclic) bond motifs is 2. The highest BCUT2D eigenvalue weighted by Gasteiger charge is 2.58. The van der Waals surface area contributed by atoms with Crippen LogP contribution < -0.4 is 5.73 Å². The van der Waals surface area contributed by atoms with Gasteiger partial charge in [-0.1, -0.05) is 0 Å². The monoisotopic (exact) mass is 265 g/mol. The van der Waals surface area contributed by atoms with Crippen molar-refractivity contribution >= 4 is 28.7 Å². The van der Waals surface area contributed by atoms with Gasteiger partial charge >= 0.3 is 0 Å². The average molecular weight is 265 g/mol. The first kappa shape index (κ1) is 10.5. The lowest BCUT2D eigenvalue weighted by atomic mass is 10.2. The van der Waals surface area contributed by atoms with Crippen molar-refractivity contribution in [3.63, 3.8) is 0 Å². The molecule has 0 spiro atoms. The van der Waals surface area contributed by atoms with Crippen molar-refractivity contribution in [1.29, 1.82) is 0 Å². The second kappa shape index (κ2) is 3.56. The summed E-state index contributed by atoms with van der Waals surface area (Å²) in [5.41, 5.74) is 7.09. The summed E-state index contributed by atoms with van der Waals surface area (Å²) < 4.78 is 7.52. The molecule has 4 heterocycles.